The molecule has 1 aromatic rings. The fourth-order valence-electron chi connectivity index (χ4n) is 3.12. The Hall–Kier alpha value is -0.400. The van der Waals surface area contributed by atoms with E-state index in [1.54, 1.807) is 0 Å². The van der Waals surface area contributed by atoms with Gasteiger partial charge in [0.1, 0.15) is 0 Å². The highest BCUT2D eigenvalue weighted by Gasteiger charge is 2.29. The van der Waals surface area contributed by atoms with Crippen LogP contribution in [0.25, 0.3) is 0 Å². The van der Waals surface area contributed by atoms with E-state index in [-0.39, 0.29) is 0 Å². The average molecular weight is 314 g/mol. The van der Waals surface area contributed by atoms with Gasteiger partial charge in [-0.3, -0.25) is 0 Å². The summed E-state index contributed by atoms with van der Waals surface area (Å²) in [5.41, 5.74) is 1.41. The summed E-state index contributed by atoms with van der Waals surface area (Å²) in [4.78, 5) is 0. The van der Waals surface area contributed by atoms with Crippen LogP contribution in [0, 0.1) is 17.3 Å². The molecular formula is C17H25Cl2N. The van der Waals surface area contributed by atoms with Crippen molar-refractivity contribution >= 4 is 28.9 Å². The normalized spacial score (nSPS) is 23.6. The van der Waals surface area contributed by atoms with Crippen LogP contribution in [0.15, 0.2) is 18.2 Å². The van der Waals surface area contributed by atoms with Gasteiger partial charge in [0.05, 0.1) is 10.7 Å². The summed E-state index contributed by atoms with van der Waals surface area (Å²) >= 11 is 12.2. The molecule has 20 heavy (non-hydrogen) atoms. The molecule has 0 bridgehead atoms. The summed E-state index contributed by atoms with van der Waals surface area (Å²) in [6.07, 6.45) is 5.32. The Morgan fingerprint density at radius 2 is 1.75 bits per heavy atom. The zero-order valence-electron chi connectivity index (χ0n) is 12.7. The Morgan fingerprint density at radius 1 is 1.10 bits per heavy atom. The quantitative estimate of drug-likeness (QED) is 0.694. The van der Waals surface area contributed by atoms with Crippen molar-refractivity contribution in [3.05, 3.63) is 28.2 Å². The van der Waals surface area contributed by atoms with E-state index >= 15 is 0 Å². The molecule has 1 N–H and O–H groups in total. The van der Waals surface area contributed by atoms with Crippen molar-refractivity contribution in [2.75, 3.05) is 11.9 Å². The average Bonchev–Trinajstić information content (AvgIpc) is 2.39. The first-order valence-electron chi connectivity index (χ1n) is 7.55. The molecule has 1 aliphatic carbocycles. The summed E-state index contributed by atoms with van der Waals surface area (Å²) in [7, 11) is 0. The van der Waals surface area contributed by atoms with Crippen LogP contribution in [0.5, 0.6) is 0 Å². The molecule has 1 fully saturated rings. The van der Waals surface area contributed by atoms with Gasteiger partial charge in [0.25, 0.3) is 0 Å². The van der Waals surface area contributed by atoms with Gasteiger partial charge in [0.15, 0.2) is 0 Å². The Labute approximate surface area is 133 Å². The van der Waals surface area contributed by atoms with Gasteiger partial charge in [-0.1, -0.05) is 44.0 Å². The zero-order chi connectivity index (χ0) is 14.8. The van der Waals surface area contributed by atoms with Gasteiger partial charge in [-0.15, -0.1) is 0 Å². The molecule has 0 aliphatic heterocycles. The van der Waals surface area contributed by atoms with Crippen LogP contribution in [0.2, 0.25) is 10.0 Å². The summed E-state index contributed by atoms with van der Waals surface area (Å²) in [5.74, 6) is 1.62. The smallest absolute Gasteiger partial charge is 0.0638 e. The van der Waals surface area contributed by atoms with E-state index in [9.17, 15) is 0 Å². The van der Waals surface area contributed by atoms with Gasteiger partial charge in [-0.05, 0) is 61.1 Å². The van der Waals surface area contributed by atoms with E-state index in [0.29, 0.717) is 5.41 Å². The van der Waals surface area contributed by atoms with E-state index in [1.165, 1.54) is 25.7 Å². The molecule has 1 aliphatic rings. The monoisotopic (exact) mass is 313 g/mol. The SMILES string of the molecule is CC(C)(C)C1CCC(CNc2cc(Cl)ccc2Cl)CC1. The third-order valence-electron chi connectivity index (χ3n) is 4.58. The van der Waals surface area contributed by atoms with E-state index in [0.717, 1.165) is 34.1 Å². The highest BCUT2D eigenvalue weighted by Crippen LogP contribution is 2.40. The number of halogens is 2. The van der Waals surface area contributed by atoms with Crippen molar-refractivity contribution in [3.8, 4) is 0 Å². The number of anilines is 1. The second-order valence-corrected chi connectivity index (χ2v) is 7.93. The Bertz CT molecular complexity index is 443. The molecule has 0 amide bonds. The number of benzene rings is 1. The Balaban J connectivity index is 1.83. The lowest BCUT2D eigenvalue weighted by atomic mass is 9.70. The fraction of sp³-hybridized carbons (Fsp3) is 0.647. The van der Waals surface area contributed by atoms with Gasteiger partial charge < -0.3 is 5.32 Å². The van der Waals surface area contributed by atoms with Gasteiger partial charge in [0, 0.05) is 11.6 Å². The molecule has 0 spiro atoms. The van der Waals surface area contributed by atoms with Gasteiger partial charge in [-0.25, -0.2) is 0 Å². The number of rotatable bonds is 3. The first-order chi connectivity index (χ1) is 9.36. The highest BCUT2D eigenvalue weighted by atomic mass is 35.5. The summed E-state index contributed by atoms with van der Waals surface area (Å²) in [6.45, 7) is 8.09. The van der Waals surface area contributed by atoms with Crippen molar-refractivity contribution in [3.63, 3.8) is 0 Å². The van der Waals surface area contributed by atoms with Crippen LogP contribution in [-0.4, -0.2) is 6.54 Å². The van der Waals surface area contributed by atoms with Gasteiger partial charge >= 0.3 is 0 Å². The minimum Gasteiger partial charge on any atom is -0.384 e. The molecule has 0 unspecified atom stereocenters. The van der Waals surface area contributed by atoms with Crippen molar-refractivity contribution in [2.24, 2.45) is 17.3 Å². The molecule has 1 saturated carbocycles. The second kappa shape index (κ2) is 6.58. The Kier molecular flexibility index (Phi) is 5.25. The van der Waals surface area contributed by atoms with Crippen molar-refractivity contribution in [1.29, 1.82) is 0 Å². The van der Waals surface area contributed by atoms with Crippen LogP contribution in [0.1, 0.15) is 46.5 Å². The topological polar surface area (TPSA) is 12.0 Å². The van der Waals surface area contributed by atoms with Gasteiger partial charge in [0.2, 0.25) is 0 Å². The molecule has 0 saturated heterocycles. The molecule has 112 valence electrons. The van der Waals surface area contributed by atoms with Crippen LogP contribution in [-0.2, 0) is 0 Å². The number of nitrogens with one attached hydrogen (secondary N) is 1. The van der Waals surface area contributed by atoms with E-state index in [4.69, 9.17) is 23.2 Å². The molecule has 1 aromatic carbocycles. The van der Waals surface area contributed by atoms with Crippen LogP contribution in [0.4, 0.5) is 5.69 Å². The third kappa shape index (κ3) is 4.30. The van der Waals surface area contributed by atoms with Crippen LogP contribution in [0.3, 0.4) is 0 Å². The maximum Gasteiger partial charge on any atom is 0.0638 e. The highest BCUT2D eigenvalue weighted by molar-refractivity contribution is 6.35. The van der Waals surface area contributed by atoms with Crippen molar-refractivity contribution < 1.29 is 0 Å². The molecule has 0 radical (unpaired) electrons. The van der Waals surface area contributed by atoms with Crippen molar-refractivity contribution in [2.45, 2.75) is 46.5 Å². The van der Waals surface area contributed by atoms with E-state index in [1.807, 2.05) is 18.2 Å². The zero-order valence-corrected chi connectivity index (χ0v) is 14.2. The molecule has 3 heteroatoms. The molecule has 0 atom stereocenters. The lowest BCUT2D eigenvalue weighted by Crippen LogP contribution is -2.28. The first kappa shape index (κ1) is 16.0. The van der Waals surface area contributed by atoms with Crippen molar-refractivity contribution in [1.82, 2.24) is 0 Å². The first-order valence-corrected chi connectivity index (χ1v) is 8.31. The molecule has 0 heterocycles. The molecule has 0 aromatic heterocycles. The molecular weight excluding hydrogens is 289 g/mol. The van der Waals surface area contributed by atoms with Crippen LogP contribution < -0.4 is 5.32 Å². The van der Waals surface area contributed by atoms with Gasteiger partial charge in [-0.2, -0.15) is 0 Å². The number of hydrogen-bond acceptors (Lipinski definition) is 1. The summed E-state index contributed by atoms with van der Waals surface area (Å²) in [5, 5.41) is 4.94. The minimum atomic E-state index is 0.453. The predicted molar refractivity (Wildman–Crippen MR) is 89.9 cm³/mol. The van der Waals surface area contributed by atoms with E-state index in [2.05, 4.69) is 26.1 Å². The minimum absolute atomic E-state index is 0.453. The van der Waals surface area contributed by atoms with E-state index < -0.39 is 0 Å². The molecule has 1 nitrogen and oxygen atoms in total. The lowest BCUT2D eigenvalue weighted by Gasteiger charge is -2.37. The lowest BCUT2D eigenvalue weighted by molar-refractivity contribution is 0.153. The Morgan fingerprint density at radius 3 is 2.35 bits per heavy atom. The van der Waals surface area contributed by atoms with Crippen LogP contribution >= 0.6 is 23.2 Å². The third-order valence-corrected chi connectivity index (χ3v) is 5.15. The fourth-order valence-corrected chi connectivity index (χ4v) is 3.48. The summed E-state index contributed by atoms with van der Waals surface area (Å²) in [6, 6.07) is 5.58. The predicted octanol–water partition coefficient (Wildman–Crippen LogP) is 6.26. The largest absolute Gasteiger partial charge is 0.384 e. The standard InChI is InChI=1S/C17H25Cl2N/c1-17(2,3)13-6-4-12(5-7-13)11-20-16-10-14(18)8-9-15(16)19/h8-10,12-13,20H,4-7,11H2,1-3H3. The number of hydrogen-bond donors (Lipinski definition) is 1. The second-order valence-electron chi connectivity index (χ2n) is 7.09. The molecule has 2 rings (SSSR count). The maximum atomic E-state index is 6.18. The summed E-state index contributed by atoms with van der Waals surface area (Å²) < 4.78 is 0. The maximum absolute atomic E-state index is 6.18.